The van der Waals surface area contributed by atoms with Crippen molar-refractivity contribution in [1.29, 1.82) is 0 Å². The van der Waals surface area contributed by atoms with Gasteiger partial charge in [-0.2, -0.15) is 0 Å². The summed E-state index contributed by atoms with van der Waals surface area (Å²) in [4.78, 5) is 9.95. The first-order chi connectivity index (χ1) is 11.3. The van der Waals surface area contributed by atoms with Crippen LogP contribution in [0.1, 0.15) is 47.5 Å². The van der Waals surface area contributed by atoms with Gasteiger partial charge < -0.3 is 19.9 Å². The Morgan fingerprint density at radius 2 is 1.88 bits per heavy atom. The Kier molecular flexibility index (Phi) is 6.54. The molecule has 2 rings (SSSR count). The van der Waals surface area contributed by atoms with Crippen LogP contribution in [-0.2, 0) is 4.74 Å². The van der Waals surface area contributed by atoms with Crippen molar-refractivity contribution in [3.05, 3.63) is 0 Å². The van der Waals surface area contributed by atoms with Crippen LogP contribution in [0.25, 0.3) is 0 Å². The molecule has 1 N–H and O–H groups in total. The minimum Gasteiger partial charge on any atom is -0.383 e. The fraction of sp³-hybridized carbons (Fsp3) is 0.947. The third kappa shape index (κ3) is 4.23. The molecular weight excluding hydrogens is 300 g/mol. The van der Waals surface area contributed by atoms with Gasteiger partial charge >= 0.3 is 0 Å². The Hall–Kier alpha value is -0.810. The van der Waals surface area contributed by atoms with E-state index < -0.39 is 0 Å². The average molecular weight is 339 g/mol. The maximum atomic E-state index is 5.18. The SMILES string of the molecule is CCNC(=NCC1CCN(CCOC)CC1)N1CC(C)(C)C1(C)C. The summed E-state index contributed by atoms with van der Waals surface area (Å²) in [6.07, 6.45) is 2.50. The number of methoxy groups -OCH3 is 1. The number of hydrogen-bond donors (Lipinski definition) is 1. The maximum Gasteiger partial charge on any atom is 0.194 e. The van der Waals surface area contributed by atoms with Gasteiger partial charge in [-0.25, -0.2) is 0 Å². The number of nitrogens with zero attached hydrogens (tertiary/aromatic N) is 3. The Bertz CT molecular complexity index is 425. The summed E-state index contributed by atoms with van der Waals surface area (Å²) in [7, 11) is 1.78. The smallest absolute Gasteiger partial charge is 0.194 e. The van der Waals surface area contributed by atoms with Gasteiger partial charge in [0.1, 0.15) is 0 Å². The molecule has 0 aliphatic carbocycles. The van der Waals surface area contributed by atoms with Crippen LogP contribution in [0, 0.1) is 11.3 Å². The largest absolute Gasteiger partial charge is 0.383 e. The van der Waals surface area contributed by atoms with Crippen molar-refractivity contribution in [2.45, 2.75) is 53.0 Å². The van der Waals surface area contributed by atoms with Crippen molar-refractivity contribution in [3.8, 4) is 0 Å². The normalized spacial score (nSPS) is 24.8. The molecule has 2 fully saturated rings. The maximum absolute atomic E-state index is 5.18. The summed E-state index contributed by atoms with van der Waals surface area (Å²) in [5.41, 5.74) is 0.507. The molecule has 5 nitrogen and oxygen atoms in total. The molecule has 0 atom stereocenters. The van der Waals surface area contributed by atoms with E-state index in [2.05, 4.69) is 49.7 Å². The van der Waals surface area contributed by atoms with Crippen molar-refractivity contribution in [1.82, 2.24) is 15.1 Å². The van der Waals surface area contributed by atoms with E-state index in [1.807, 2.05) is 0 Å². The molecule has 5 heteroatoms. The quantitative estimate of drug-likeness (QED) is 0.596. The lowest BCUT2D eigenvalue weighted by atomic mass is 9.65. The number of hydrogen-bond acceptors (Lipinski definition) is 3. The fourth-order valence-corrected chi connectivity index (χ4v) is 3.62. The molecule has 2 heterocycles. The molecule has 0 radical (unpaired) electrons. The fourth-order valence-electron chi connectivity index (χ4n) is 3.62. The van der Waals surface area contributed by atoms with Crippen LogP contribution < -0.4 is 5.32 Å². The number of guanidine groups is 1. The van der Waals surface area contributed by atoms with Gasteiger partial charge in [0.05, 0.1) is 6.61 Å². The van der Waals surface area contributed by atoms with E-state index in [1.165, 1.54) is 25.9 Å². The lowest BCUT2D eigenvalue weighted by molar-refractivity contribution is -0.0668. The third-order valence-corrected chi connectivity index (χ3v) is 6.29. The highest BCUT2D eigenvalue weighted by Crippen LogP contribution is 2.46. The van der Waals surface area contributed by atoms with Gasteiger partial charge in [0.2, 0.25) is 0 Å². The number of ether oxygens (including phenoxy) is 1. The first kappa shape index (κ1) is 19.5. The van der Waals surface area contributed by atoms with Gasteiger partial charge in [0.15, 0.2) is 5.96 Å². The molecule has 0 bridgehead atoms. The zero-order chi connectivity index (χ0) is 17.8. The van der Waals surface area contributed by atoms with E-state index >= 15 is 0 Å². The van der Waals surface area contributed by atoms with Gasteiger partial charge in [-0.05, 0) is 52.6 Å². The van der Waals surface area contributed by atoms with E-state index in [1.54, 1.807) is 7.11 Å². The predicted octanol–water partition coefficient (Wildman–Crippen LogP) is 2.43. The van der Waals surface area contributed by atoms with Gasteiger partial charge in [-0.1, -0.05) is 13.8 Å². The molecule has 140 valence electrons. The number of aliphatic imine (C=N–C) groups is 1. The topological polar surface area (TPSA) is 40.1 Å². The molecular formula is C19H38N4O. The van der Waals surface area contributed by atoms with Crippen LogP contribution in [0.5, 0.6) is 0 Å². The van der Waals surface area contributed by atoms with Crippen LogP contribution >= 0.6 is 0 Å². The Morgan fingerprint density at radius 1 is 1.21 bits per heavy atom. The lowest BCUT2D eigenvalue weighted by Gasteiger charge is -2.62. The Morgan fingerprint density at radius 3 is 2.38 bits per heavy atom. The standard InChI is InChI=1S/C19H38N4O/c1-7-20-17(23-15-18(2,3)19(23,4)5)21-14-16-8-10-22(11-9-16)12-13-24-6/h16H,7-15H2,1-6H3,(H,20,21). The summed E-state index contributed by atoms with van der Waals surface area (Å²) >= 11 is 0. The molecule has 2 aliphatic heterocycles. The summed E-state index contributed by atoms with van der Waals surface area (Å²) in [6, 6.07) is 0. The van der Waals surface area contributed by atoms with E-state index in [4.69, 9.17) is 9.73 Å². The second-order valence-electron chi connectivity index (χ2n) is 8.50. The Labute approximate surface area is 148 Å². The summed E-state index contributed by atoms with van der Waals surface area (Å²) in [5.74, 6) is 1.82. The zero-order valence-electron chi connectivity index (χ0n) is 16.7. The highest BCUT2D eigenvalue weighted by Gasteiger charge is 2.53. The predicted molar refractivity (Wildman–Crippen MR) is 102 cm³/mol. The molecule has 0 saturated carbocycles. The van der Waals surface area contributed by atoms with Crippen LogP contribution in [0.3, 0.4) is 0 Å². The Balaban J connectivity index is 1.87. The van der Waals surface area contributed by atoms with Gasteiger partial charge in [-0.15, -0.1) is 0 Å². The minimum absolute atomic E-state index is 0.164. The van der Waals surface area contributed by atoms with Crippen molar-refractivity contribution >= 4 is 5.96 Å². The van der Waals surface area contributed by atoms with Crippen molar-refractivity contribution in [3.63, 3.8) is 0 Å². The highest BCUT2D eigenvalue weighted by atomic mass is 16.5. The van der Waals surface area contributed by atoms with Crippen molar-refractivity contribution in [2.75, 3.05) is 53.0 Å². The zero-order valence-corrected chi connectivity index (χ0v) is 16.7. The second kappa shape index (κ2) is 8.05. The number of likely N-dealkylation sites (tertiary alicyclic amines) is 2. The average Bonchev–Trinajstić information content (AvgIpc) is 2.56. The molecule has 0 amide bonds. The number of nitrogens with one attached hydrogen (secondary N) is 1. The summed E-state index contributed by atoms with van der Waals surface area (Å²) < 4.78 is 5.18. The molecule has 0 spiro atoms. The summed E-state index contributed by atoms with van der Waals surface area (Å²) in [6.45, 7) is 18.8. The lowest BCUT2D eigenvalue weighted by Crippen LogP contribution is -2.72. The van der Waals surface area contributed by atoms with Crippen LogP contribution in [-0.4, -0.2) is 74.3 Å². The van der Waals surface area contributed by atoms with Crippen molar-refractivity contribution < 1.29 is 4.74 Å². The molecule has 0 unspecified atom stereocenters. The van der Waals surface area contributed by atoms with E-state index in [0.29, 0.717) is 5.41 Å². The van der Waals surface area contributed by atoms with Crippen LogP contribution in [0.15, 0.2) is 4.99 Å². The van der Waals surface area contributed by atoms with Crippen molar-refractivity contribution in [2.24, 2.45) is 16.3 Å². The van der Waals surface area contributed by atoms with E-state index in [-0.39, 0.29) is 5.54 Å². The second-order valence-corrected chi connectivity index (χ2v) is 8.50. The number of rotatable bonds is 6. The molecule has 0 aromatic carbocycles. The summed E-state index contributed by atoms with van der Waals surface area (Å²) in [5, 5.41) is 3.50. The number of piperidine rings is 1. The monoisotopic (exact) mass is 338 g/mol. The van der Waals surface area contributed by atoms with Gasteiger partial charge in [0, 0.05) is 44.2 Å². The molecule has 2 aliphatic rings. The van der Waals surface area contributed by atoms with Gasteiger partial charge in [-0.3, -0.25) is 4.99 Å². The van der Waals surface area contributed by atoms with E-state index in [0.717, 1.165) is 44.7 Å². The molecule has 0 aromatic heterocycles. The molecule has 2 saturated heterocycles. The first-order valence-electron chi connectivity index (χ1n) is 9.59. The first-order valence-corrected chi connectivity index (χ1v) is 9.59. The van der Waals surface area contributed by atoms with Gasteiger partial charge in [0.25, 0.3) is 0 Å². The molecule has 24 heavy (non-hydrogen) atoms. The van der Waals surface area contributed by atoms with E-state index in [9.17, 15) is 0 Å². The van der Waals surface area contributed by atoms with Crippen LogP contribution in [0.4, 0.5) is 0 Å². The van der Waals surface area contributed by atoms with Crippen LogP contribution in [0.2, 0.25) is 0 Å². The molecule has 0 aromatic rings. The third-order valence-electron chi connectivity index (χ3n) is 6.29. The highest BCUT2D eigenvalue weighted by molar-refractivity contribution is 5.82. The minimum atomic E-state index is 0.164.